The van der Waals surface area contributed by atoms with E-state index in [1.54, 1.807) is 0 Å². The highest BCUT2D eigenvalue weighted by Gasteiger charge is 2.13. The summed E-state index contributed by atoms with van der Waals surface area (Å²) in [4.78, 5) is 18.5. The molecule has 1 amide bonds. The minimum absolute atomic E-state index is 0.0319. The highest BCUT2D eigenvalue weighted by atomic mass is 16.5. The number of rotatable bonds is 6. The molecule has 1 aliphatic rings. The average molecular weight is 292 g/mol. The Kier molecular flexibility index (Phi) is 5.95. The predicted octanol–water partition coefficient (Wildman–Crippen LogP) is 0.390. The summed E-state index contributed by atoms with van der Waals surface area (Å²) in [6.07, 6.45) is 1.83. The van der Waals surface area contributed by atoms with Crippen LogP contribution in [0.2, 0.25) is 0 Å². The largest absolute Gasteiger partial charge is 0.378 e. The lowest BCUT2D eigenvalue weighted by Gasteiger charge is -2.27. The van der Waals surface area contributed by atoms with E-state index in [1.165, 1.54) is 0 Å². The van der Waals surface area contributed by atoms with Gasteiger partial charge in [-0.2, -0.15) is 0 Å². The van der Waals surface area contributed by atoms with Gasteiger partial charge in [0, 0.05) is 38.3 Å². The lowest BCUT2D eigenvalue weighted by Crippen LogP contribution is -2.36. The van der Waals surface area contributed by atoms with Crippen LogP contribution >= 0.6 is 0 Å². The van der Waals surface area contributed by atoms with Crippen molar-refractivity contribution in [3.63, 3.8) is 0 Å². The van der Waals surface area contributed by atoms with Gasteiger partial charge in [-0.3, -0.25) is 4.79 Å². The normalized spacial score (nSPS) is 16.6. The second-order valence-corrected chi connectivity index (χ2v) is 5.30. The summed E-state index contributed by atoms with van der Waals surface area (Å²) < 4.78 is 5.33. The fraction of sp³-hybridized carbons (Fsp3) is 0.600. The number of hydrogen-bond donors (Lipinski definition) is 2. The fourth-order valence-electron chi connectivity index (χ4n) is 2.26. The summed E-state index contributed by atoms with van der Waals surface area (Å²) in [5, 5.41) is 5.93. The minimum atomic E-state index is -0.0319. The first-order valence-corrected chi connectivity index (χ1v) is 7.40. The second kappa shape index (κ2) is 7.95. The third-order valence-electron chi connectivity index (χ3n) is 3.57. The summed E-state index contributed by atoms with van der Waals surface area (Å²) >= 11 is 0. The van der Waals surface area contributed by atoms with Gasteiger partial charge in [0.25, 0.3) is 0 Å². The molecule has 1 aliphatic heterocycles. The van der Waals surface area contributed by atoms with E-state index in [1.807, 2.05) is 32.3 Å². The molecule has 1 aromatic rings. The Morgan fingerprint density at radius 3 is 2.81 bits per heavy atom. The zero-order chi connectivity index (χ0) is 15.1. The van der Waals surface area contributed by atoms with Gasteiger partial charge in [-0.1, -0.05) is 13.0 Å². The number of morpholine rings is 1. The van der Waals surface area contributed by atoms with Crippen LogP contribution in [0.15, 0.2) is 18.3 Å². The highest BCUT2D eigenvalue weighted by molar-refractivity contribution is 5.78. The molecular weight excluding hydrogens is 268 g/mol. The molecule has 116 valence electrons. The van der Waals surface area contributed by atoms with Crippen molar-refractivity contribution in [3.05, 3.63) is 23.9 Å². The van der Waals surface area contributed by atoms with Gasteiger partial charge in [0.2, 0.25) is 5.91 Å². The standard InChI is InChI=1S/C15H24N4O2/c1-12(9-16-2)15(20)18-11-13-3-4-14(17-10-13)19-5-7-21-8-6-19/h3-4,10,12,16H,5-9,11H2,1-2H3,(H,18,20). The van der Waals surface area contributed by atoms with Crippen molar-refractivity contribution < 1.29 is 9.53 Å². The summed E-state index contributed by atoms with van der Waals surface area (Å²) in [6.45, 7) is 6.37. The molecule has 1 atom stereocenters. The van der Waals surface area contributed by atoms with Gasteiger partial charge in [0.15, 0.2) is 0 Å². The van der Waals surface area contributed by atoms with Crippen molar-refractivity contribution in [2.24, 2.45) is 5.92 Å². The Bertz CT molecular complexity index is 443. The fourth-order valence-corrected chi connectivity index (χ4v) is 2.26. The summed E-state index contributed by atoms with van der Waals surface area (Å²) in [5.41, 5.74) is 1.01. The second-order valence-electron chi connectivity index (χ2n) is 5.30. The topological polar surface area (TPSA) is 66.5 Å². The molecule has 0 aliphatic carbocycles. The van der Waals surface area contributed by atoms with Crippen molar-refractivity contribution in [2.75, 3.05) is 44.8 Å². The first-order valence-electron chi connectivity index (χ1n) is 7.40. The Labute approximate surface area is 125 Å². The third kappa shape index (κ3) is 4.68. The number of amides is 1. The molecule has 1 unspecified atom stereocenters. The van der Waals surface area contributed by atoms with E-state index in [4.69, 9.17) is 4.74 Å². The van der Waals surface area contributed by atoms with Gasteiger partial charge in [-0.15, -0.1) is 0 Å². The first kappa shape index (κ1) is 15.7. The molecule has 1 aromatic heterocycles. The van der Waals surface area contributed by atoms with Gasteiger partial charge in [0.05, 0.1) is 13.2 Å². The van der Waals surface area contributed by atoms with Crippen molar-refractivity contribution in [3.8, 4) is 0 Å². The summed E-state index contributed by atoms with van der Waals surface area (Å²) in [7, 11) is 1.85. The van der Waals surface area contributed by atoms with E-state index in [0.717, 1.165) is 37.7 Å². The van der Waals surface area contributed by atoms with E-state index >= 15 is 0 Å². The molecule has 2 heterocycles. The molecule has 6 heteroatoms. The molecule has 6 nitrogen and oxygen atoms in total. The van der Waals surface area contributed by atoms with Crippen LogP contribution in [0.5, 0.6) is 0 Å². The molecule has 1 fully saturated rings. The number of aromatic nitrogens is 1. The molecule has 1 saturated heterocycles. The zero-order valence-electron chi connectivity index (χ0n) is 12.8. The lowest BCUT2D eigenvalue weighted by atomic mass is 10.1. The maximum atomic E-state index is 11.8. The van der Waals surface area contributed by atoms with Crippen molar-refractivity contribution in [2.45, 2.75) is 13.5 Å². The number of anilines is 1. The van der Waals surface area contributed by atoms with E-state index in [2.05, 4.69) is 20.5 Å². The van der Waals surface area contributed by atoms with Gasteiger partial charge in [-0.25, -0.2) is 4.98 Å². The monoisotopic (exact) mass is 292 g/mol. The maximum absolute atomic E-state index is 11.8. The van der Waals surface area contributed by atoms with Crippen LogP contribution in [0.25, 0.3) is 0 Å². The number of pyridine rings is 1. The van der Waals surface area contributed by atoms with Crippen LogP contribution in [0.1, 0.15) is 12.5 Å². The summed E-state index contributed by atoms with van der Waals surface area (Å²) in [5.74, 6) is 0.995. The van der Waals surface area contributed by atoms with Crippen molar-refractivity contribution >= 4 is 11.7 Å². The number of nitrogens with zero attached hydrogens (tertiary/aromatic N) is 2. The van der Waals surface area contributed by atoms with Crippen LogP contribution in [0.3, 0.4) is 0 Å². The third-order valence-corrected chi connectivity index (χ3v) is 3.57. The molecule has 0 radical (unpaired) electrons. The molecule has 2 N–H and O–H groups in total. The van der Waals surface area contributed by atoms with Gasteiger partial charge < -0.3 is 20.3 Å². The van der Waals surface area contributed by atoms with Crippen molar-refractivity contribution in [1.82, 2.24) is 15.6 Å². The first-order chi connectivity index (χ1) is 10.2. The van der Waals surface area contributed by atoms with Crippen molar-refractivity contribution in [1.29, 1.82) is 0 Å². The molecule has 0 spiro atoms. The number of carbonyl (C=O) groups is 1. The smallest absolute Gasteiger partial charge is 0.224 e. The van der Waals surface area contributed by atoms with Gasteiger partial charge in [-0.05, 0) is 18.7 Å². The molecule has 0 bridgehead atoms. The van der Waals surface area contributed by atoms with Crippen LogP contribution in [-0.4, -0.2) is 50.8 Å². The number of ether oxygens (including phenoxy) is 1. The number of hydrogen-bond acceptors (Lipinski definition) is 5. The number of nitrogens with one attached hydrogen (secondary N) is 2. The molecule has 0 saturated carbocycles. The van der Waals surface area contributed by atoms with E-state index in [9.17, 15) is 4.79 Å². The highest BCUT2D eigenvalue weighted by Crippen LogP contribution is 2.13. The maximum Gasteiger partial charge on any atom is 0.224 e. The Hall–Kier alpha value is -1.66. The Morgan fingerprint density at radius 1 is 1.43 bits per heavy atom. The Morgan fingerprint density at radius 2 is 2.19 bits per heavy atom. The molecule has 0 aromatic carbocycles. The van der Waals surface area contributed by atoms with E-state index in [-0.39, 0.29) is 11.8 Å². The summed E-state index contributed by atoms with van der Waals surface area (Å²) in [6, 6.07) is 4.02. The van der Waals surface area contributed by atoms with E-state index < -0.39 is 0 Å². The van der Waals surface area contributed by atoms with Gasteiger partial charge in [0.1, 0.15) is 5.82 Å². The van der Waals surface area contributed by atoms with Crippen LogP contribution in [-0.2, 0) is 16.1 Å². The zero-order valence-corrected chi connectivity index (χ0v) is 12.8. The van der Waals surface area contributed by atoms with Crippen LogP contribution in [0, 0.1) is 5.92 Å². The average Bonchev–Trinajstić information content (AvgIpc) is 2.54. The quantitative estimate of drug-likeness (QED) is 0.794. The predicted molar refractivity (Wildman–Crippen MR) is 82.2 cm³/mol. The Balaban J connectivity index is 1.83. The van der Waals surface area contributed by atoms with Gasteiger partial charge >= 0.3 is 0 Å². The SMILES string of the molecule is CNCC(C)C(=O)NCc1ccc(N2CCOCC2)nc1. The lowest BCUT2D eigenvalue weighted by molar-refractivity contribution is -0.124. The molecular formula is C15H24N4O2. The molecule has 2 rings (SSSR count). The minimum Gasteiger partial charge on any atom is -0.378 e. The number of carbonyl (C=O) groups excluding carboxylic acids is 1. The van der Waals surface area contributed by atoms with Crippen LogP contribution in [0.4, 0.5) is 5.82 Å². The van der Waals surface area contributed by atoms with Crippen LogP contribution < -0.4 is 15.5 Å². The van der Waals surface area contributed by atoms with E-state index in [0.29, 0.717) is 13.1 Å². The molecule has 21 heavy (non-hydrogen) atoms.